The lowest BCUT2D eigenvalue weighted by Crippen LogP contribution is -2.57. The van der Waals surface area contributed by atoms with Crippen molar-refractivity contribution >= 4 is 23.3 Å². The Morgan fingerprint density at radius 3 is 2.41 bits per heavy atom. The number of guanidine groups is 1. The number of benzene rings is 2. The van der Waals surface area contributed by atoms with E-state index in [1.807, 2.05) is 47.2 Å². The minimum atomic E-state index is -4.37. The molecular formula is C25H29F3N6. The van der Waals surface area contributed by atoms with E-state index in [2.05, 4.69) is 19.2 Å². The van der Waals surface area contributed by atoms with Crippen LogP contribution in [0, 0.1) is 17.2 Å². The van der Waals surface area contributed by atoms with Gasteiger partial charge in [0.1, 0.15) is 11.7 Å². The third-order valence-electron chi connectivity index (χ3n) is 6.17. The molecule has 180 valence electrons. The van der Waals surface area contributed by atoms with E-state index < -0.39 is 11.7 Å². The molecule has 1 fully saturated rings. The molecule has 2 heterocycles. The smallest absolute Gasteiger partial charge is 0.344 e. The van der Waals surface area contributed by atoms with Crippen molar-refractivity contribution in [3.8, 4) is 0 Å². The van der Waals surface area contributed by atoms with Gasteiger partial charge < -0.3 is 10.2 Å². The number of nitrogens with one attached hydrogen (secondary N) is 2. The van der Waals surface area contributed by atoms with Gasteiger partial charge in [0.15, 0.2) is 0 Å². The fourth-order valence-corrected chi connectivity index (χ4v) is 4.13. The summed E-state index contributed by atoms with van der Waals surface area (Å²) in [6, 6.07) is 14.7. The van der Waals surface area contributed by atoms with Crippen LogP contribution in [0.3, 0.4) is 0 Å². The number of alkyl halides is 3. The Labute approximate surface area is 197 Å². The molecule has 34 heavy (non-hydrogen) atoms. The second kappa shape index (κ2) is 9.48. The Hall–Kier alpha value is -3.36. The number of aliphatic imine (C=N–C) groups is 2. The van der Waals surface area contributed by atoms with Crippen LogP contribution in [0.15, 0.2) is 64.6 Å². The zero-order valence-corrected chi connectivity index (χ0v) is 19.5. The van der Waals surface area contributed by atoms with Crippen LogP contribution in [-0.4, -0.2) is 53.6 Å². The van der Waals surface area contributed by atoms with Crippen molar-refractivity contribution in [2.45, 2.75) is 32.6 Å². The third kappa shape index (κ3) is 5.08. The highest BCUT2D eigenvalue weighted by Gasteiger charge is 2.41. The molecule has 0 amide bonds. The number of halogens is 3. The molecule has 2 aliphatic rings. The zero-order chi connectivity index (χ0) is 24.5. The lowest BCUT2D eigenvalue weighted by molar-refractivity contribution is -0.137. The second-order valence-electron chi connectivity index (χ2n) is 9.06. The van der Waals surface area contributed by atoms with Gasteiger partial charge in [-0.1, -0.05) is 44.2 Å². The van der Waals surface area contributed by atoms with Crippen molar-refractivity contribution in [2.24, 2.45) is 21.8 Å². The predicted octanol–water partition coefficient (Wildman–Crippen LogP) is 4.95. The first-order valence-electron chi connectivity index (χ1n) is 11.3. The summed E-state index contributed by atoms with van der Waals surface area (Å²) in [5, 5.41) is 12.3. The van der Waals surface area contributed by atoms with Gasteiger partial charge in [0.25, 0.3) is 0 Å². The molecule has 6 nitrogen and oxygen atoms in total. The van der Waals surface area contributed by atoms with E-state index in [9.17, 15) is 13.2 Å². The average Bonchev–Trinajstić information content (AvgIpc) is 3.27. The molecule has 4 rings (SSSR count). The SMILES string of the molecule is CC(C)C1CN2C(=N)C(C(=NCc3ccc(C(F)(F)F)cc3)Nc3ccccc3)CN(C)C2=N1. The lowest BCUT2D eigenvalue weighted by Gasteiger charge is -2.39. The fourth-order valence-electron chi connectivity index (χ4n) is 4.13. The highest BCUT2D eigenvalue weighted by molar-refractivity contribution is 6.16. The first-order valence-corrected chi connectivity index (χ1v) is 11.3. The first kappa shape index (κ1) is 23.8. The third-order valence-corrected chi connectivity index (χ3v) is 6.17. The Kier molecular flexibility index (Phi) is 6.63. The maximum absolute atomic E-state index is 12.9. The quantitative estimate of drug-likeness (QED) is 0.480. The van der Waals surface area contributed by atoms with Crippen LogP contribution in [0.5, 0.6) is 0 Å². The number of hydrogen-bond acceptors (Lipinski definition) is 4. The molecule has 0 radical (unpaired) electrons. The molecule has 2 aromatic rings. The highest BCUT2D eigenvalue weighted by Crippen LogP contribution is 2.29. The largest absolute Gasteiger partial charge is 0.416 e. The maximum Gasteiger partial charge on any atom is 0.416 e. The summed E-state index contributed by atoms with van der Waals surface area (Å²) in [5.41, 5.74) is 0.823. The van der Waals surface area contributed by atoms with Gasteiger partial charge in [-0.25, -0.2) is 4.99 Å². The molecule has 0 spiro atoms. The number of anilines is 1. The summed E-state index contributed by atoms with van der Waals surface area (Å²) in [6.45, 7) is 5.65. The molecule has 2 aromatic carbocycles. The summed E-state index contributed by atoms with van der Waals surface area (Å²) < 4.78 is 38.7. The normalized spacial score (nSPS) is 21.1. The topological polar surface area (TPSA) is 67.1 Å². The van der Waals surface area contributed by atoms with Crippen LogP contribution < -0.4 is 5.32 Å². The lowest BCUT2D eigenvalue weighted by atomic mass is 10.0. The van der Waals surface area contributed by atoms with Gasteiger partial charge in [-0.2, -0.15) is 13.2 Å². The van der Waals surface area contributed by atoms with Gasteiger partial charge in [-0.05, 0) is 35.7 Å². The number of hydrogen-bond donors (Lipinski definition) is 2. The van der Waals surface area contributed by atoms with Gasteiger partial charge in [0.05, 0.1) is 24.1 Å². The van der Waals surface area contributed by atoms with Crippen LogP contribution in [0.25, 0.3) is 0 Å². The van der Waals surface area contributed by atoms with Gasteiger partial charge >= 0.3 is 6.18 Å². The van der Waals surface area contributed by atoms with E-state index in [-0.39, 0.29) is 18.5 Å². The Morgan fingerprint density at radius 1 is 1.12 bits per heavy atom. The first-order chi connectivity index (χ1) is 16.1. The zero-order valence-electron chi connectivity index (χ0n) is 19.5. The summed E-state index contributed by atoms with van der Waals surface area (Å²) in [4.78, 5) is 13.6. The van der Waals surface area contributed by atoms with Crippen molar-refractivity contribution in [1.82, 2.24) is 9.80 Å². The fraction of sp³-hybridized carbons (Fsp3) is 0.400. The molecule has 1 saturated heterocycles. The van der Waals surface area contributed by atoms with Crippen molar-refractivity contribution in [3.05, 3.63) is 65.7 Å². The second-order valence-corrected chi connectivity index (χ2v) is 9.06. The Bertz CT molecular complexity index is 1080. The maximum atomic E-state index is 12.9. The van der Waals surface area contributed by atoms with Gasteiger partial charge in [-0.15, -0.1) is 0 Å². The molecule has 0 aromatic heterocycles. The van der Waals surface area contributed by atoms with E-state index in [0.29, 0.717) is 36.2 Å². The Balaban J connectivity index is 1.60. The van der Waals surface area contributed by atoms with E-state index in [1.165, 1.54) is 12.1 Å². The van der Waals surface area contributed by atoms with Crippen molar-refractivity contribution in [1.29, 1.82) is 5.41 Å². The van der Waals surface area contributed by atoms with Crippen LogP contribution in [0.1, 0.15) is 25.0 Å². The number of amidine groups is 2. The van der Waals surface area contributed by atoms with Crippen LogP contribution in [0.2, 0.25) is 0 Å². The molecule has 0 bridgehead atoms. The number of nitrogens with zero attached hydrogens (tertiary/aromatic N) is 4. The van der Waals surface area contributed by atoms with E-state index in [1.54, 1.807) is 0 Å². The standard InChI is InChI=1S/C25H29F3N6/c1-16(2)21-15-34-22(29)20(14-33(3)24(34)32-21)23(31-19-7-5-4-6-8-19)30-13-17-9-11-18(12-10-17)25(26,27)28/h4-12,16,20-21,29H,13-15H2,1-3H3,(H,30,31). The molecule has 2 N–H and O–H groups in total. The number of rotatable bonds is 5. The Morgan fingerprint density at radius 2 is 1.79 bits per heavy atom. The molecule has 2 unspecified atom stereocenters. The van der Waals surface area contributed by atoms with E-state index >= 15 is 0 Å². The van der Waals surface area contributed by atoms with Crippen molar-refractivity contribution < 1.29 is 13.2 Å². The summed E-state index contributed by atoms with van der Waals surface area (Å²) in [7, 11) is 1.96. The minimum Gasteiger partial charge on any atom is -0.344 e. The predicted molar refractivity (Wildman–Crippen MR) is 129 cm³/mol. The van der Waals surface area contributed by atoms with Crippen LogP contribution in [0.4, 0.5) is 18.9 Å². The van der Waals surface area contributed by atoms with Crippen LogP contribution >= 0.6 is 0 Å². The number of para-hydroxylation sites is 1. The molecule has 0 saturated carbocycles. The van der Waals surface area contributed by atoms with Gasteiger partial charge in [-0.3, -0.25) is 15.3 Å². The van der Waals surface area contributed by atoms with Gasteiger partial charge in [0, 0.05) is 25.8 Å². The minimum absolute atomic E-state index is 0.131. The molecule has 2 atom stereocenters. The summed E-state index contributed by atoms with van der Waals surface area (Å²) in [6.07, 6.45) is -4.37. The monoisotopic (exact) mass is 470 g/mol. The molecule has 2 aliphatic heterocycles. The average molecular weight is 471 g/mol. The van der Waals surface area contributed by atoms with Crippen molar-refractivity contribution in [2.75, 3.05) is 25.5 Å². The summed E-state index contributed by atoms with van der Waals surface area (Å²) >= 11 is 0. The van der Waals surface area contributed by atoms with Crippen molar-refractivity contribution in [3.63, 3.8) is 0 Å². The molecule has 0 aliphatic carbocycles. The summed E-state index contributed by atoms with van der Waals surface area (Å²) in [5.74, 6) is 1.88. The van der Waals surface area contributed by atoms with Crippen LogP contribution in [-0.2, 0) is 12.7 Å². The molecular weight excluding hydrogens is 441 g/mol. The van der Waals surface area contributed by atoms with E-state index in [0.717, 1.165) is 23.8 Å². The van der Waals surface area contributed by atoms with Gasteiger partial charge in [0.2, 0.25) is 5.96 Å². The van der Waals surface area contributed by atoms with E-state index in [4.69, 9.17) is 15.4 Å². The highest BCUT2D eigenvalue weighted by atomic mass is 19.4. The molecule has 9 heteroatoms. The number of fused-ring (bicyclic) bond motifs is 1.